The molecule has 19 heavy (non-hydrogen) atoms. The van der Waals surface area contributed by atoms with Crippen LogP contribution in [-0.2, 0) is 11.3 Å². The van der Waals surface area contributed by atoms with E-state index in [-0.39, 0.29) is 0 Å². The van der Waals surface area contributed by atoms with Gasteiger partial charge in [-0.05, 0) is 30.9 Å². The Balaban J connectivity index is 1.60. The Morgan fingerprint density at radius 2 is 1.84 bits per heavy atom. The molecule has 2 heterocycles. The molecular formula is C16H24N2O. The number of hydrogen-bond acceptors (Lipinski definition) is 3. The molecule has 2 N–H and O–H groups in total. The molecule has 2 fully saturated rings. The molecule has 3 heteroatoms. The molecule has 0 amide bonds. The maximum Gasteiger partial charge on any atom is 0.0472 e. The predicted molar refractivity (Wildman–Crippen MR) is 76.8 cm³/mol. The van der Waals surface area contributed by atoms with E-state index in [0.717, 1.165) is 13.2 Å². The number of nitrogens with zero attached hydrogens (tertiary/aromatic N) is 1. The molecule has 0 bridgehead atoms. The minimum atomic E-state index is 0.514. The maximum atomic E-state index is 5.64. The molecule has 1 spiro atoms. The second-order valence-electron chi connectivity index (χ2n) is 6.14. The predicted octanol–water partition coefficient (Wildman–Crippen LogP) is 2.32. The zero-order valence-corrected chi connectivity index (χ0v) is 11.8. The highest BCUT2D eigenvalue weighted by Gasteiger charge is 2.45. The van der Waals surface area contributed by atoms with Crippen LogP contribution >= 0.6 is 0 Å². The third-order valence-corrected chi connectivity index (χ3v) is 4.88. The van der Waals surface area contributed by atoms with Gasteiger partial charge < -0.3 is 10.5 Å². The van der Waals surface area contributed by atoms with Crippen LogP contribution in [0, 0.1) is 5.41 Å². The fraction of sp³-hybridized carbons (Fsp3) is 0.625. The minimum Gasteiger partial charge on any atom is -0.381 e. The Hall–Kier alpha value is -0.900. The highest BCUT2D eigenvalue weighted by atomic mass is 16.5. The van der Waals surface area contributed by atoms with Crippen LogP contribution in [0.15, 0.2) is 24.3 Å². The van der Waals surface area contributed by atoms with Gasteiger partial charge in [0.25, 0.3) is 0 Å². The average molecular weight is 260 g/mol. The number of benzene rings is 1. The number of hydrogen-bond donors (Lipinski definition) is 1. The smallest absolute Gasteiger partial charge is 0.0472 e. The summed E-state index contributed by atoms with van der Waals surface area (Å²) in [6.07, 6.45) is 2.48. The second kappa shape index (κ2) is 5.23. The minimum absolute atomic E-state index is 0.514. The van der Waals surface area contributed by atoms with Gasteiger partial charge in [-0.25, -0.2) is 0 Å². The van der Waals surface area contributed by atoms with Crippen LogP contribution < -0.4 is 5.73 Å². The molecule has 0 aromatic heterocycles. The monoisotopic (exact) mass is 260 g/mol. The Morgan fingerprint density at radius 1 is 1.21 bits per heavy atom. The molecule has 104 valence electrons. The molecule has 2 aliphatic rings. The maximum absolute atomic E-state index is 5.64. The molecule has 1 atom stereocenters. The van der Waals surface area contributed by atoms with Crippen molar-refractivity contribution in [1.29, 1.82) is 0 Å². The number of ether oxygens (including phenoxy) is 1. The fourth-order valence-corrected chi connectivity index (χ4v) is 3.35. The number of rotatable bonds is 3. The van der Waals surface area contributed by atoms with Crippen LogP contribution in [0.4, 0.5) is 0 Å². The number of likely N-dealkylation sites (tertiary alicyclic amines) is 1. The highest BCUT2D eigenvalue weighted by Crippen LogP contribution is 2.43. The van der Waals surface area contributed by atoms with Crippen molar-refractivity contribution in [1.82, 2.24) is 4.90 Å². The summed E-state index contributed by atoms with van der Waals surface area (Å²) in [5.74, 6) is 0. The van der Waals surface area contributed by atoms with Crippen molar-refractivity contribution in [2.75, 3.05) is 26.3 Å². The van der Waals surface area contributed by atoms with Gasteiger partial charge in [-0.1, -0.05) is 24.3 Å². The van der Waals surface area contributed by atoms with Crippen LogP contribution in [0.5, 0.6) is 0 Å². The van der Waals surface area contributed by atoms with E-state index in [0.29, 0.717) is 18.0 Å². The summed E-state index contributed by atoms with van der Waals surface area (Å²) in [4.78, 5) is 2.59. The molecule has 2 saturated heterocycles. The Labute approximate surface area is 115 Å². The van der Waals surface area contributed by atoms with E-state index in [1.54, 1.807) is 0 Å². The normalized spacial score (nSPS) is 24.1. The molecular weight excluding hydrogens is 236 g/mol. The van der Waals surface area contributed by atoms with E-state index in [1.165, 1.54) is 37.1 Å². The van der Waals surface area contributed by atoms with Crippen molar-refractivity contribution >= 4 is 0 Å². The van der Waals surface area contributed by atoms with Crippen molar-refractivity contribution in [2.45, 2.75) is 32.4 Å². The lowest BCUT2D eigenvalue weighted by Gasteiger charge is -2.54. The quantitative estimate of drug-likeness (QED) is 0.906. The van der Waals surface area contributed by atoms with Crippen LogP contribution in [0.2, 0.25) is 0 Å². The Bertz CT molecular complexity index is 415. The lowest BCUT2D eigenvalue weighted by atomic mass is 9.72. The summed E-state index contributed by atoms with van der Waals surface area (Å²) in [6, 6.07) is 9.26. The Morgan fingerprint density at radius 3 is 2.42 bits per heavy atom. The first-order valence-corrected chi connectivity index (χ1v) is 7.33. The van der Waals surface area contributed by atoms with Gasteiger partial charge in [-0.2, -0.15) is 0 Å². The first-order chi connectivity index (χ1) is 9.22. The van der Waals surface area contributed by atoms with Gasteiger partial charge in [-0.3, -0.25) is 4.90 Å². The van der Waals surface area contributed by atoms with Crippen molar-refractivity contribution < 1.29 is 4.74 Å². The largest absolute Gasteiger partial charge is 0.381 e. The third-order valence-electron chi connectivity index (χ3n) is 4.88. The van der Waals surface area contributed by atoms with E-state index in [9.17, 15) is 0 Å². The molecule has 1 aromatic rings. The first kappa shape index (κ1) is 13.1. The summed E-state index contributed by atoms with van der Waals surface area (Å²) < 4.78 is 5.48. The third kappa shape index (κ3) is 2.55. The van der Waals surface area contributed by atoms with Crippen LogP contribution in [0.1, 0.15) is 36.9 Å². The van der Waals surface area contributed by atoms with Gasteiger partial charge in [0.1, 0.15) is 0 Å². The molecule has 0 radical (unpaired) electrons. The molecule has 1 unspecified atom stereocenters. The van der Waals surface area contributed by atoms with E-state index in [2.05, 4.69) is 36.1 Å². The molecule has 1 aromatic carbocycles. The summed E-state index contributed by atoms with van der Waals surface area (Å²) in [5.41, 5.74) is 8.81. The lowest BCUT2D eigenvalue weighted by Crippen LogP contribution is -2.58. The van der Waals surface area contributed by atoms with E-state index in [1.807, 2.05) is 0 Å². The van der Waals surface area contributed by atoms with Crippen molar-refractivity contribution in [2.24, 2.45) is 11.1 Å². The van der Waals surface area contributed by atoms with E-state index < -0.39 is 0 Å². The van der Waals surface area contributed by atoms with Gasteiger partial charge in [0.15, 0.2) is 0 Å². The highest BCUT2D eigenvalue weighted by molar-refractivity contribution is 5.25. The molecule has 0 saturated carbocycles. The van der Waals surface area contributed by atoms with E-state index in [4.69, 9.17) is 10.5 Å². The fourth-order valence-electron chi connectivity index (χ4n) is 3.35. The summed E-state index contributed by atoms with van der Waals surface area (Å²) in [6.45, 7) is 7.30. The first-order valence-electron chi connectivity index (χ1n) is 7.33. The molecule has 3 nitrogen and oxygen atoms in total. The summed E-state index contributed by atoms with van der Waals surface area (Å²) >= 11 is 0. The van der Waals surface area contributed by atoms with Gasteiger partial charge in [0, 0.05) is 44.3 Å². The van der Waals surface area contributed by atoms with Crippen LogP contribution in [0.3, 0.4) is 0 Å². The molecule has 3 rings (SSSR count). The van der Waals surface area contributed by atoms with Gasteiger partial charge >= 0.3 is 0 Å². The topological polar surface area (TPSA) is 38.5 Å². The average Bonchev–Trinajstić information content (AvgIpc) is 2.45. The van der Waals surface area contributed by atoms with Crippen molar-refractivity contribution in [3.8, 4) is 0 Å². The summed E-state index contributed by atoms with van der Waals surface area (Å²) in [5, 5.41) is 0. The van der Waals surface area contributed by atoms with Crippen molar-refractivity contribution in [3.63, 3.8) is 0 Å². The summed E-state index contributed by atoms with van der Waals surface area (Å²) in [7, 11) is 0. The second-order valence-corrected chi connectivity index (χ2v) is 6.14. The standard InChI is InChI=1S/C16H24N2O/c1-13(15-4-2-14(10-17)3-5-15)18-11-16(12-18)6-8-19-9-7-16/h2-5,13H,6-12,17H2,1H3. The lowest BCUT2D eigenvalue weighted by molar-refractivity contribution is -0.0953. The zero-order chi connectivity index (χ0) is 13.3. The molecule has 2 aliphatic heterocycles. The van der Waals surface area contributed by atoms with Crippen LogP contribution in [-0.4, -0.2) is 31.2 Å². The molecule has 0 aliphatic carbocycles. The SMILES string of the molecule is CC(c1ccc(CN)cc1)N1CC2(CCOCC2)C1. The Kier molecular flexibility index (Phi) is 3.61. The number of nitrogens with two attached hydrogens (primary N) is 1. The van der Waals surface area contributed by atoms with Gasteiger partial charge in [0.05, 0.1) is 0 Å². The van der Waals surface area contributed by atoms with E-state index >= 15 is 0 Å². The van der Waals surface area contributed by atoms with Gasteiger partial charge in [-0.15, -0.1) is 0 Å². The zero-order valence-electron chi connectivity index (χ0n) is 11.8. The van der Waals surface area contributed by atoms with Crippen molar-refractivity contribution in [3.05, 3.63) is 35.4 Å². The van der Waals surface area contributed by atoms with Gasteiger partial charge in [0.2, 0.25) is 0 Å². The van der Waals surface area contributed by atoms with Crippen LogP contribution in [0.25, 0.3) is 0 Å².